The van der Waals surface area contributed by atoms with Gasteiger partial charge in [-0.15, -0.1) is 0 Å². The zero-order valence-corrected chi connectivity index (χ0v) is 13.4. The summed E-state index contributed by atoms with van der Waals surface area (Å²) in [6.07, 6.45) is 1.40. The number of aliphatic hydroxyl groups excluding tert-OH is 2. The molecule has 0 saturated heterocycles. The van der Waals surface area contributed by atoms with E-state index in [1.807, 2.05) is 73.7 Å². The van der Waals surface area contributed by atoms with Crippen LogP contribution < -0.4 is 0 Å². The molecule has 0 bridgehead atoms. The van der Waals surface area contributed by atoms with E-state index in [2.05, 4.69) is 0 Å². The van der Waals surface area contributed by atoms with E-state index in [4.69, 9.17) is 4.74 Å². The van der Waals surface area contributed by atoms with Crippen molar-refractivity contribution >= 4 is 0 Å². The van der Waals surface area contributed by atoms with Crippen LogP contribution in [0.4, 0.5) is 0 Å². The first kappa shape index (κ1) is 17.3. The largest absolute Gasteiger partial charge is 0.494 e. The molecule has 0 saturated carbocycles. The van der Waals surface area contributed by atoms with Crippen molar-refractivity contribution in [3.63, 3.8) is 0 Å². The van der Waals surface area contributed by atoms with Crippen LogP contribution in [0.15, 0.2) is 72.5 Å². The van der Waals surface area contributed by atoms with Crippen LogP contribution in [0.2, 0.25) is 0 Å². The van der Waals surface area contributed by atoms with Gasteiger partial charge in [-0.3, -0.25) is 0 Å². The zero-order valence-electron chi connectivity index (χ0n) is 13.4. The fourth-order valence-corrected chi connectivity index (χ4v) is 2.30. The predicted molar refractivity (Wildman–Crippen MR) is 91.6 cm³/mol. The van der Waals surface area contributed by atoms with Crippen LogP contribution in [-0.4, -0.2) is 16.3 Å². The Morgan fingerprint density at radius 2 is 1.61 bits per heavy atom. The van der Waals surface area contributed by atoms with Crippen molar-refractivity contribution in [3.8, 4) is 0 Å². The van der Waals surface area contributed by atoms with E-state index in [1.165, 1.54) is 0 Å². The maximum atomic E-state index is 10.1. The van der Waals surface area contributed by atoms with Crippen LogP contribution in [-0.2, 0) is 11.3 Å². The highest BCUT2D eigenvalue weighted by Crippen LogP contribution is 2.19. The highest BCUT2D eigenvalue weighted by atomic mass is 16.5. The molecule has 0 heterocycles. The van der Waals surface area contributed by atoms with Gasteiger partial charge in [0.05, 0.1) is 18.0 Å². The molecule has 3 heteroatoms. The Hall–Kier alpha value is -2.10. The second-order valence-corrected chi connectivity index (χ2v) is 5.64. The number of rotatable bonds is 8. The third kappa shape index (κ3) is 6.27. The number of ether oxygens (including phenoxy) is 1. The Kier molecular flexibility index (Phi) is 6.85. The molecule has 0 fully saturated rings. The summed E-state index contributed by atoms with van der Waals surface area (Å²) in [5.41, 5.74) is 1.94. The normalized spacial score (nSPS) is 14.3. The van der Waals surface area contributed by atoms with E-state index in [0.29, 0.717) is 19.4 Å². The highest BCUT2D eigenvalue weighted by Gasteiger charge is 2.12. The number of hydrogen-bond acceptors (Lipinski definition) is 3. The number of allylic oxidation sites excluding steroid dienone is 1. The van der Waals surface area contributed by atoms with Crippen LogP contribution in [0.3, 0.4) is 0 Å². The molecule has 0 radical (unpaired) electrons. The Balaban J connectivity index is 1.75. The molecule has 3 nitrogen and oxygen atoms in total. The van der Waals surface area contributed by atoms with Gasteiger partial charge < -0.3 is 14.9 Å². The fourth-order valence-electron chi connectivity index (χ4n) is 2.30. The summed E-state index contributed by atoms with van der Waals surface area (Å²) in [5, 5.41) is 20.2. The molecular formula is C20H24O3. The highest BCUT2D eigenvalue weighted by molar-refractivity contribution is 5.17. The molecule has 2 N–H and O–H groups in total. The van der Waals surface area contributed by atoms with E-state index in [-0.39, 0.29) is 0 Å². The maximum Gasteiger partial charge on any atom is 0.113 e. The van der Waals surface area contributed by atoms with Gasteiger partial charge in [-0.05, 0) is 30.5 Å². The standard InChI is InChI=1S/C20H24O3/c1-16(23-15-17-8-4-2-5-9-17)12-13-19(21)14-20(22)18-10-6-3-7-11-18/h2-12,19-22H,13-15H2,1H3/b16-12-/t19-,20-/m0/s1. The lowest BCUT2D eigenvalue weighted by molar-refractivity contribution is 0.0811. The van der Waals surface area contributed by atoms with E-state index >= 15 is 0 Å². The van der Waals surface area contributed by atoms with Gasteiger partial charge in [0.1, 0.15) is 6.61 Å². The van der Waals surface area contributed by atoms with Gasteiger partial charge in [0.25, 0.3) is 0 Å². The molecule has 0 aliphatic heterocycles. The second kappa shape index (κ2) is 9.13. The molecule has 0 aliphatic rings. The summed E-state index contributed by atoms with van der Waals surface area (Å²) in [5.74, 6) is 0.780. The lowest BCUT2D eigenvalue weighted by Crippen LogP contribution is -2.11. The van der Waals surface area contributed by atoms with Gasteiger partial charge in [0.15, 0.2) is 0 Å². The van der Waals surface area contributed by atoms with Crippen LogP contribution in [0.1, 0.15) is 37.0 Å². The molecule has 0 aromatic heterocycles. The minimum Gasteiger partial charge on any atom is -0.494 e. The van der Waals surface area contributed by atoms with Crippen LogP contribution in [0, 0.1) is 0 Å². The van der Waals surface area contributed by atoms with Crippen molar-refractivity contribution < 1.29 is 14.9 Å². The van der Waals surface area contributed by atoms with Gasteiger partial charge in [0, 0.05) is 6.42 Å². The number of aliphatic hydroxyl groups is 2. The van der Waals surface area contributed by atoms with Gasteiger partial charge in [-0.25, -0.2) is 0 Å². The third-order valence-electron chi connectivity index (χ3n) is 3.67. The Morgan fingerprint density at radius 3 is 2.26 bits per heavy atom. The third-order valence-corrected chi connectivity index (χ3v) is 3.67. The molecule has 2 aromatic carbocycles. The van der Waals surface area contributed by atoms with Gasteiger partial charge >= 0.3 is 0 Å². The molecule has 2 aromatic rings. The molecular weight excluding hydrogens is 288 g/mol. The Labute approximate surface area is 137 Å². The number of benzene rings is 2. The maximum absolute atomic E-state index is 10.1. The van der Waals surface area contributed by atoms with Gasteiger partial charge in [-0.2, -0.15) is 0 Å². The lowest BCUT2D eigenvalue weighted by Gasteiger charge is -2.15. The van der Waals surface area contributed by atoms with Gasteiger partial charge in [-0.1, -0.05) is 60.7 Å². The molecule has 0 unspecified atom stereocenters. The van der Waals surface area contributed by atoms with Crippen molar-refractivity contribution in [1.82, 2.24) is 0 Å². The predicted octanol–water partition coefficient (Wildman–Crippen LogP) is 3.98. The molecule has 0 spiro atoms. The lowest BCUT2D eigenvalue weighted by atomic mass is 10.0. The first-order valence-electron chi connectivity index (χ1n) is 7.89. The smallest absolute Gasteiger partial charge is 0.113 e. The first-order chi connectivity index (χ1) is 11.1. The molecule has 122 valence electrons. The summed E-state index contributed by atoms with van der Waals surface area (Å²) in [7, 11) is 0. The van der Waals surface area contributed by atoms with Crippen molar-refractivity contribution in [2.45, 2.75) is 38.6 Å². The fraction of sp³-hybridized carbons (Fsp3) is 0.300. The van der Waals surface area contributed by atoms with Crippen LogP contribution in [0.5, 0.6) is 0 Å². The van der Waals surface area contributed by atoms with E-state index in [9.17, 15) is 10.2 Å². The summed E-state index contributed by atoms with van der Waals surface area (Å²) < 4.78 is 5.66. The number of hydrogen-bond donors (Lipinski definition) is 2. The summed E-state index contributed by atoms with van der Waals surface area (Å²) in [4.78, 5) is 0. The summed E-state index contributed by atoms with van der Waals surface area (Å²) in [6, 6.07) is 19.3. The van der Waals surface area contributed by atoms with E-state index in [1.54, 1.807) is 0 Å². The van der Waals surface area contributed by atoms with Crippen molar-refractivity contribution in [2.75, 3.05) is 0 Å². The van der Waals surface area contributed by atoms with Crippen molar-refractivity contribution in [3.05, 3.63) is 83.6 Å². The van der Waals surface area contributed by atoms with Crippen LogP contribution >= 0.6 is 0 Å². The SMILES string of the molecule is C/C(=C/C[C@H](O)C[C@H](O)c1ccccc1)OCc1ccccc1. The average molecular weight is 312 g/mol. The zero-order chi connectivity index (χ0) is 16.5. The van der Waals surface area contributed by atoms with Crippen LogP contribution in [0.25, 0.3) is 0 Å². The minimum atomic E-state index is -0.648. The van der Waals surface area contributed by atoms with Crippen molar-refractivity contribution in [1.29, 1.82) is 0 Å². The Morgan fingerprint density at radius 1 is 1.00 bits per heavy atom. The van der Waals surface area contributed by atoms with Gasteiger partial charge in [0.2, 0.25) is 0 Å². The summed E-state index contributed by atoms with van der Waals surface area (Å²) >= 11 is 0. The molecule has 0 aliphatic carbocycles. The van der Waals surface area contributed by atoms with E-state index < -0.39 is 12.2 Å². The quantitative estimate of drug-likeness (QED) is 0.725. The van der Waals surface area contributed by atoms with E-state index in [0.717, 1.165) is 16.9 Å². The summed E-state index contributed by atoms with van der Waals surface area (Å²) in [6.45, 7) is 2.40. The second-order valence-electron chi connectivity index (χ2n) is 5.64. The molecule has 23 heavy (non-hydrogen) atoms. The molecule has 2 atom stereocenters. The van der Waals surface area contributed by atoms with Crippen molar-refractivity contribution in [2.24, 2.45) is 0 Å². The Bertz CT molecular complexity index is 593. The minimum absolute atomic E-state index is 0.312. The topological polar surface area (TPSA) is 49.7 Å². The monoisotopic (exact) mass is 312 g/mol. The molecule has 2 rings (SSSR count). The molecule has 0 amide bonds. The average Bonchev–Trinajstić information content (AvgIpc) is 2.60. The first-order valence-corrected chi connectivity index (χ1v) is 7.89.